The summed E-state index contributed by atoms with van der Waals surface area (Å²) >= 11 is 5.82. The van der Waals surface area contributed by atoms with Crippen LogP contribution in [-0.2, 0) is 6.42 Å². The van der Waals surface area contributed by atoms with Gasteiger partial charge >= 0.3 is 6.01 Å². The molecule has 0 atom stereocenters. The summed E-state index contributed by atoms with van der Waals surface area (Å²) in [5, 5.41) is 3.13. The van der Waals surface area contributed by atoms with E-state index >= 15 is 0 Å². The number of nitrogens with zero attached hydrogens (tertiary/aromatic N) is 3. The molecule has 7 heteroatoms. The van der Waals surface area contributed by atoms with E-state index in [9.17, 15) is 4.39 Å². The smallest absolute Gasteiger partial charge is 0.322 e. The molecule has 0 saturated heterocycles. The van der Waals surface area contributed by atoms with Crippen LogP contribution >= 0.6 is 11.6 Å². The van der Waals surface area contributed by atoms with Crippen LogP contribution in [0.3, 0.4) is 0 Å². The number of anilines is 1. The average molecular weight is 311 g/mol. The molecule has 0 unspecified atom stereocenters. The van der Waals surface area contributed by atoms with Gasteiger partial charge in [0.05, 0.1) is 6.61 Å². The standard InChI is InChI=1S/C14H16ClFN4O/c1-2-9-21-14-19-12(15)18-13(20-14)17-8-7-10-3-5-11(16)6-4-10/h3-6H,2,7-9H2,1H3,(H,17,18,19,20). The number of ether oxygens (including phenoxy) is 1. The summed E-state index contributed by atoms with van der Waals surface area (Å²) in [5.74, 6) is 0.122. The van der Waals surface area contributed by atoms with Gasteiger partial charge in [-0.05, 0) is 42.1 Å². The molecule has 1 heterocycles. The van der Waals surface area contributed by atoms with Gasteiger partial charge in [-0.15, -0.1) is 0 Å². The lowest BCUT2D eigenvalue weighted by Crippen LogP contribution is -2.10. The summed E-state index contributed by atoms with van der Waals surface area (Å²) < 4.78 is 18.1. The molecule has 21 heavy (non-hydrogen) atoms. The lowest BCUT2D eigenvalue weighted by Gasteiger charge is -2.07. The molecule has 0 aliphatic heterocycles. The van der Waals surface area contributed by atoms with Gasteiger partial charge in [0.1, 0.15) is 5.82 Å². The largest absolute Gasteiger partial charge is 0.463 e. The Balaban J connectivity index is 1.90. The Kier molecular flexibility index (Phi) is 5.68. The maximum absolute atomic E-state index is 12.8. The van der Waals surface area contributed by atoms with E-state index in [2.05, 4.69) is 20.3 Å². The Morgan fingerprint density at radius 1 is 1.19 bits per heavy atom. The predicted molar refractivity (Wildman–Crippen MR) is 79.2 cm³/mol. The third-order valence-corrected chi connectivity index (χ3v) is 2.80. The normalized spacial score (nSPS) is 10.4. The van der Waals surface area contributed by atoms with Crippen molar-refractivity contribution < 1.29 is 9.13 Å². The van der Waals surface area contributed by atoms with Crippen molar-refractivity contribution in [2.24, 2.45) is 0 Å². The van der Waals surface area contributed by atoms with E-state index in [-0.39, 0.29) is 17.1 Å². The van der Waals surface area contributed by atoms with Crippen LogP contribution < -0.4 is 10.1 Å². The monoisotopic (exact) mass is 310 g/mol. The van der Waals surface area contributed by atoms with Gasteiger partial charge in [-0.25, -0.2) is 4.39 Å². The van der Waals surface area contributed by atoms with Crippen molar-refractivity contribution in [1.82, 2.24) is 15.0 Å². The highest BCUT2D eigenvalue weighted by molar-refractivity contribution is 6.28. The minimum atomic E-state index is -0.242. The maximum Gasteiger partial charge on any atom is 0.322 e. The van der Waals surface area contributed by atoms with Crippen LogP contribution in [0.1, 0.15) is 18.9 Å². The summed E-state index contributed by atoms with van der Waals surface area (Å²) in [6.07, 6.45) is 1.57. The molecule has 2 rings (SSSR count). The molecular formula is C14H16ClFN4O. The minimum Gasteiger partial charge on any atom is -0.463 e. The topological polar surface area (TPSA) is 59.9 Å². The second kappa shape index (κ2) is 7.73. The Hall–Kier alpha value is -1.95. The number of hydrogen-bond donors (Lipinski definition) is 1. The molecule has 0 spiro atoms. The first-order chi connectivity index (χ1) is 10.2. The lowest BCUT2D eigenvalue weighted by atomic mass is 10.1. The third kappa shape index (κ3) is 5.15. The van der Waals surface area contributed by atoms with E-state index in [4.69, 9.17) is 16.3 Å². The van der Waals surface area contributed by atoms with Gasteiger partial charge < -0.3 is 10.1 Å². The van der Waals surface area contributed by atoms with Gasteiger partial charge in [0, 0.05) is 6.54 Å². The van der Waals surface area contributed by atoms with Gasteiger partial charge in [0.15, 0.2) is 0 Å². The van der Waals surface area contributed by atoms with Crippen molar-refractivity contribution in [1.29, 1.82) is 0 Å². The fourth-order valence-electron chi connectivity index (χ4n) is 1.64. The molecule has 0 aliphatic carbocycles. The second-order valence-corrected chi connectivity index (χ2v) is 4.70. The Morgan fingerprint density at radius 2 is 1.95 bits per heavy atom. The van der Waals surface area contributed by atoms with Crippen LogP contribution in [-0.4, -0.2) is 28.1 Å². The van der Waals surface area contributed by atoms with E-state index in [0.29, 0.717) is 25.5 Å². The zero-order valence-corrected chi connectivity index (χ0v) is 12.4. The highest BCUT2D eigenvalue weighted by atomic mass is 35.5. The van der Waals surface area contributed by atoms with Gasteiger partial charge in [-0.2, -0.15) is 15.0 Å². The molecule has 1 aromatic heterocycles. The molecular weight excluding hydrogens is 295 g/mol. The van der Waals surface area contributed by atoms with E-state index in [1.54, 1.807) is 12.1 Å². The molecule has 0 fully saturated rings. The summed E-state index contributed by atoms with van der Waals surface area (Å²) in [7, 11) is 0. The number of halogens is 2. The maximum atomic E-state index is 12.8. The summed E-state index contributed by atoms with van der Waals surface area (Å²) in [6, 6.07) is 6.57. The van der Waals surface area contributed by atoms with Gasteiger partial charge in [-0.3, -0.25) is 0 Å². The number of nitrogens with one attached hydrogen (secondary N) is 1. The minimum absolute atomic E-state index is 0.0837. The van der Waals surface area contributed by atoms with Crippen molar-refractivity contribution in [2.45, 2.75) is 19.8 Å². The molecule has 2 aromatic rings. The Labute approximate surface area is 127 Å². The molecule has 1 N–H and O–H groups in total. The van der Waals surface area contributed by atoms with Gasteiger partial charge in [0.2, 0.25) is 11.2 Å². The molecule has 0 amide bonds. The first kappa shape index (κ1) is 15.4. The molecule has 0 bridgehead atoms. The molecule has 1 aromatic carbocycles. The van der Waals surface area contributed by atoms with Gasteiger partial charge in [0.25, 0.3) is 0 Å². The second-order valence-electron chi connectivity index (χ2n) is 4.36. The van der Waals surface area contributed by atoms with Crippen LogP contribution in [0.2, 0.25) is 5.28 Å². The highest BCUT2D eigenvalue weighted by Crippen LogP contribution is 2.12. The number of benzene rings is 1. The van der Waals surface area contributed by atoms with Crippen molar-refractivity contribution in [3.63, 3.8) is 0 Å². The summed E-state index contributed by atoms with van der Waals surface area (Å²) in [6.45, 7) is 3.11. The van der Waals surface area contributed by atoms with Crippen molar-refractivity contribution >= 4 is 17.5 Å². The number of rotatable bonds is 7. The summed E-state index contributed by atoms with van der Waals surface area (Å²) in [4.78, 5) is 12.0. The first-order valence-electron chi connectivity index (χ1n) is 6.70. The number of aromatic nitrogens is 3. The molecule has 0 aliphatic rings. The fourth-order valence-corrected chi connectivity index (χ4v) is 1.79. The third-order valence-electron chi connectivity index (χ3n) is 2.63. The average Bonchev–Trinajstić information content (AvgIpc) is 2.47. The van der Waals surface area contributed by atoms with E-state index in [1.165, 1.54) is 12.1 Å². The zero-order valence-electron chi connectivity index (χ0n) is 11.6. The lowest BCUT2D eigenvalue weighted by molar-refractivity contribution is 0.291. The van der Waals surface area contributed by atoms with Crippen molar-refractivity contribution in [3.8, 4) is 6.01 Å². The van der Waals surface area contributed by atoms with Crippen LogP contribution in [0, 0.1) is 5.82 Å². The van der Waals surface area contributed by atoms with E-state index in [0.717, 1.165) is 12.0 Å². The van der Waals surface area contributed by atoms with Crippen LogP contribution in [0.15, 0.2) is 24.3 Å². The van der Waals surface area contributed by atoms with E-state index in [1.807, 2.05) is 6.92 Å². The first-order valence-corrected chi connectivity index (χ1v) is 7.08. The van der Waals surface area contributed by atoms with Crippen LogP contribution in [0.5, 0.6) is 6.01 Å². The highest BCUT2D eigenvalue weighted by Gasteiger charge is 2.05. The molecule has 112 valence electrons. The summed E-state index contributed by atoms with van der Waals surface area (Å²) in [5.41, 5.74) is 1.02. The Morgan fingerprint density at radius 3 is 2.67 bits per heavy atom. The van der Waals surface area contributed by atoms with Gasteiger partial charge in [-0.1, -0.05) is 19.1 Å². The quantitative estimate of drug-likeness (QED) is 0.851. The SMILES string of the molecule is CCCOc1nc(Cl)nc(NCCc2ccc(F)cc2)n1. The fraction of sp³-hybridized carbons (Fsp3) is 0.357. The molecule has 0 saturated carbocycles. The van der Waals surface area contributed by atoms with Crippen LogP contribution in [0.25, 0.3) is 0 Å². The van der Waals surface area contributed by atoms with Crippen molar-refractivity contribution in [3.05, 3.63) is 40.9 Å². The predicted octanol–water partition coefficient (Wildman–Crippen LogP) is 3.11. The van der Waals surface area contributed by atoms with Crippen molar-refractivity contribution in [2.75, 3.05) is 18.5 Å². The Bertz CT molecular complexity index is 580. The van der Waals surface area contributed by atoms with E-state index < -0.39 is 0 Å². The van der Waals surface area contributed by atoms with Crippen LogP contribution in [0.4, 0.5) is 10.3 Å². The molecule has 0 radical (unpaired) electrons. The molecule has 5 nitrogen and oxygen atoms in total. The zero-order chi connectivity index (χ0) is 15.1. The number of hydrogen-bond acceptors (Lipinski definition) is 5.